The topological polar surface area (TPSA) is 67.9 Å². The summed E-state index contributed by atoms with van der Waals surface area (Å²) >= 11 is 0. The zero-order chi connectivity index (χ0) is 15.2. The molecular formula is C15H20N2O4. The first kappa shape index (κ1) is 15.2. The molecule has 1 saturated heterocycles. The summed E-state index contributed by atoms with van der Waals surface area (Å²) < 4.78 is 10.7. The first-order valence-electron chi connectivity index (χ1n) is 7.02. The minimum Gasteiger partial charge on any atom is -0.493 e. The van der Waals surface area contributed by atoms with Gasteiger partial charge in [0.25, 0.3) is 5.91 Å². The van der Waals surface area contributed by atoms with E-state index in [1.165, 1.54) is 0 Å². The van der Waals surface area contributed by atoms with E-state index in [9.17, 15) is 9.59 Å². The van der Waals surface area contributed by atoms with Crippen molar-refractivity contribution in [1.82, 2.24) is 10.2 Å². The van der Waals surface area contributed by atoms with Crippen LogP contribution in [0.5, 0.6) is 11.5 Å². The fourth-order valence-corrected chi connectivity index (χ4v) is 2.23. The van der Waals surface area contributed by atoms with Crippen LogP contribution in [-0.4, -0.2) is 50.1 Å². The molecule has 114 valence electrons. The second kappa shape index (κ2) is 6.97. The molecule has 0 spiro atoms. The van der Waals surface area contributed by atoms with Gasteiger partial charge in [-0.25, -0.2) is 0 Å². The molecule has 1 heterocycles. The number of hydrogen-bond donors (Lipinski definition) is 1. The fraction of sp³-hybridized carbons (Fsp3) is 0.467. The number of hydrogen-bond acceptors (Lipinski definition) is 4. The number of ether oxygens (including phenoxy) is 2. The van der Waals surface area contributed by atoms with Crippen LogP contribution in [0.1, 0.15) is 23.7 Å². The highest BCUT2D eigenvalue weighted by Crippen LogP contribution is 2.28. The van der Waals surface area contributed by atoms with Crippen LogP contribution < -0.4 is 14.8 Å². The van der Waals surface area contributed by atoms with Crippen LogP contribution >= 0.6 is 0 Å². The van der Waals surface area contributed by atoms with Crippen molar-refractivity contribution in [3.05, 3.63) is 23.8 Å². The van der Waals surface area contributed by atoms with E-state index in [1.54, 1.807) is 30.2 Å². The Balaban J connectivity index is 2.16. The van der Waals surface area contributed by atoms with Crippen molar-refractivity contribution >= 4 is 11.8 Å². The molecule has 1 aliphatic heterocycles. The number of nitrogens with zero attached hydrogens (tertiary/aromatic N) is 1. The minimum absolute atomic E-state index is 0.0189. The summed E-state index contributed by atoms with van der Waals surface area (Å²) in [5.41, 5.74) is 0.532. The summed E-state index contributed by atoms with van der Waals surface area (Å²) in [5.74, 6) is 1.03. The van der Waals surface area contributed by atoms with Crippen LogP contribution in [0.3, 0.4) is 0 Å². The highest BCUT2D eigenvalue weighted by Gasteiger charge is 2.20. The molecule has 0 aliphatic carbocycles. The number of amides is 2. The van der Waals surface area contributed by atoms with Gasteiger partial charge in [0.05, 0.1) is 13.7 Å². The Morgan fingerprint density at radius 3 is 2.86 bits per heavy atom. The average Bonchev–Trinajstić information content (AvgIpc) is 2.72. The van der Waals surface area contributed by atoms with Crippen LogP contribution in [-0.2, 0) is 4.79 Å². The largest absolute Gasteiger partial charge is 0.493 e. The van der Waals surface area contributed by atoms with Crippen LogP contribution in [0.25, 0.3) is 0 Å². The average molecular weight is 292 g/mol. The van der Waals surface area contributed by atoms with Gasteiger partial charge < -0.3 is 19.7 Å². The number of methoxy groups -OCH3 is 1. The van der Waals surface area contributed by atoms with Crippen LogP contribution in [0, 0.1) is 0 Å². The molecule has 1 aromatic rings. The molecule has 6 nitrogen and oxygen atoms in total. The van der Waals surface area contributed by atoms with Crippen LogP contribution in [0.15, 0.2) is 18.2 Å². The van der Waals surface area contributed by atoms with E-state index in [2.05, 4.69) is 5.32 Å². The molecule has 1 aliphatic rings. The normalized spacial score (nSPS) is 15.1. The number of carbonyl (C=O) groups is 2. The third-order valence-corrected chi connectivity index (χ3v) is 3.31. The number of rotatable bonds is 4. The van der Waals surface area contributed by atoms with Crippen molar-refractivity contribution in [2.24, 2.45) is 0 Å². The Labute approximate surface area is 124 Å². The first-order chi connectivity index (χ1) is 10.2. The van der Waals surface area contributed by atoms with Gasteiger partial charge in [-0.15, -0.1) is 0 Å². The third kappa shape index (κ3) is 3.65. The fourth-order valence-electron chi connectivity index (χ4n) is 2.23. The van der Waals surface area contributed by atoms with Gasteiger partial charge in [0.1, 0.15) is 0 Å². The van der Waals surface area contributed by atoms with Crippen molar-refractivity contribution in [3.63, 3.8) is 0 Å². The third-order valence-electron chi connectivity index (χ3n) is 3.31. The predicted molar refractivity (Wildman–Crippen MR) is 77.7 cm³/mol. The zero-order valence-electron chi connectivity index (χ0n) is 12.3. The maximum atomic E-state index is 12.5. The molecule has 0 radical (unpaired) electrons. The lowest BCUT2D eigenvalue weighted by Gasteiger charge is -2.20. The lowest BCUT2D eigenvalue weighted by atomic mass is 10.1. The summed E-state index contributed by atoms with van der Waals surface area (Å²) in [6, 6.07) is 5.13. The van der Waals surface area contributed by atoms with E-state index in [-0.39, 0.29) is 11.8 Å². The summed E-state index contributed by atoms with van der Waals surface area (Å²) in [5, 5.41) is 2.75. The Kier molecular flexibility index (Phi) is 5.03. The monoisotopic (exact) mass is 292 g/mol. The number of benzene rings is 1. The summed E-state index contributed by atoms with van der Waals surface area (Å²) in [6.07, 6.45) is 0.333. The Bertz CT molecular complexity index is 530. The Hall–Kier alpha value is -2.24. The van der Waals surface area contributed by atoms with E-state index in [4.69, 9.17) is 9.47 Å². The summed E-state index contributed by atoms with van der Waals surface area (Å²) in [6.45, 7) is 3.85. The molecule has 2 amide bonds. The highest BCUT2D eigenvalue weighted by molar-refractivity contribution is 5.95. The molecule has 0 atom stereocenters. The van der Waals surface area contributed by atoms with Gasteiger partial charge >= 0.3 is 0 Å². The van der Waals surface area contributed by atoms with Crippen LogP contribution in [0.2, 0.25) is 0 Å². The minimum atomic E-state index is -0.104. The second-order valence-corrected chi connectivity index (χ2v) is 4.69. The Morgan fingerprint density at radius 1 is 1.33 bits per heavy atom. The van der Waals surface area contributed by atoms with Gasteiger partial charge in [-0.05, 0) is 25.1 Å². The number of nitrogens with one attached hydrogen (secondary N) is 1. The van der Waals surface area contributed by atoms with Gasteiger partial charge in [-0.1, -0.05) is 0 Å². The van der Waals surface area contributed by atoms with Crippen molar-refractivity contribution in [3.8, 4) is 11.5 Å². The molecule has 0 unspecified atom stereocenters. The van der Waals surface area contributed by atoms with E-state index < -0.39 is 0 Å². The van der Waals surface area contributed by atoms with E-state index in [1.807, 2.05) is 6.92 Å². The van der Waals surface area contributed by atoms with E-state index in [0.717, 1.165) is 0 Å². The van der Waals surface area contributed by atoms with Crippen molar-refractivity contribution in [1.29, 1.82) is 0 Å². The van der Waals surface area contributed by atoms with Crippen LogP contribution in [0.4, 0.5) is 0 Å². The molecule has 6 heteroatoms. The first-order valence-corrected chi connectivity index (χ1v) is 7.02. The standard InChI is InChI=1S/C15H20N2O4/c1-3-21-12-5-4-11(10-13(12)20-2)15(19)17-8-6-14(18)16-7-9-17/h4-5,10H,3,6-9H2,1-2H3,(H,16,18). The number of carbonyl (C=O) groups excluding carboxylic acids is 2. The lowest BCUT2D eigenvalue weighted by molar-refractivity contribution is -0.120. The molecule has 0 saturated carbocycles. The molecule has 1 aromatic carbocycles. The zero-order valence-corrected chi connectivity index (χ0v) is 12.3. The van der Waals surface area contributed by atoms with Gasteiger partial charge in [-0.2, -0.15) is 0 Å². The van der Waals surface area contributed by atoms with Gasteiger partial charge in [0.15, 0.2) is 11.5 Å². The molecule has 2 rings (SSSR count). The molecule has 0 bridgehead atoms. The van der Waals surface area contributed by atoms with Crippen molar-refractivity contribution in [2.45, 2.75) is 13.3 Å². The molecule has 0 aromatic heterocycles. The second-order valence-electron chi connectivity index (χ2n) is 4.69. The highest BCUT2D eigenvalue weighted by atomic mass is 16.5. The Morgan fingerprint density at radius 2 is 2.14 bits per heavy atom. The van der Waals surface area contributed by atoms with Gasteiger partial charge in [-0.3, -0.25) is 9.59 Å². The molecule has 1 fully saturated rings. The predicted octanol–water partition coefficient (Wildman–Crippen LogP) is 1.06. The summed E-state index contributed by atoms with van der Waals surface area (Å²) in [4.78, 5) is 25.5. The van der Waals surface area contributed by atoms with E-state index in [0.29, 0.717) is 49.7 Å². The van der Waals surface area contributed by atoms with E-state index >= 15 is 0 Å². The molecular weight excluding hydrogens is 272 g/mol. The molecule has 1 N–H and O–H groups in total. The lowest BCUT2D eigenvalue weighted by Crippen LogP contribution is -2.34. The van der Waals surface area contributed by atoms with Gasteiger partial charge in [0.2, 0.25) is 5.91 Å². The smallest absolute Gasteiger partial charge is 0.254 e. The summed E-state index contributed by atoms with van der Waals surface area (Å²) in [7, 11) is 1.54. The van der Waals surface area contributed by atoms with Gasteiger partial charge in [0, 0.05) is 31.6 Å². The quantitative estimate of drug-likeness (QED) is 0.901. The van der Waals surface area contributed by atoms with Crippen molar-refractivity contribution in [2.75, 3.05) is 33.4 Å². The maximum Gasteiger partial charge on any atom is 0.254 e. The molecule has 21 heavy (non-hydrogen) atoms. The maximum absolute atomic E-state index is 12.5. The van der Waals surface area contributed by atoms with Crippen molar-refractivity contribution < 1.29 is 19.1 Å². The SMILES string of the molecule is CCOc1ccc(C(=O)N2CCNC(=O)CC2)cc1OC.